The molecule has 0 aromatic carbocycles. The van der Waals surface area contributed by atoms with Crippen molar-refractivity contribution in [3.05, 3.63) is 0 Å². The number of hydrogen-bond donors (Lipinski definition) is 1. The minimum atomic E-state index is -0.270. The van der Waals surface area contributed by atoms with Gasteiger partial charge in [0.15, 0.2) is 0 Å². The number of nitrogens with two attached hydrogens (primary N) is 1. The summed E-state index contributed by atoms with van der Waals surface area (Å²) < 4.78 is 0. The third-order valence-corrected chi connectivity index (χ3v) is 4.48. The minimum absolute atomic E-state index is 0.153. The summed E-state index contributed by atoms with van der Waals surface area (Å²) in [5.74, 6) is -0.259. The number of likely N-dealkylation sites (tertiary alicyclic amines) is 2. The standard InChI is InChI=1S/C15H27N3O2/c16-15(20)13-7-6-10-18(11-13)14(19)12-17-8-4-2-1-3-5-9-17/h13H,1-12H2,(H2,16,20). The second kappa shape index (κ2) is 7.62. The number of carbonyl (C=O) groups is 2. The van der Waals surface area contributed by atoms with Crippen LogP contribution in [0.3, 0.4) is 0 Å². The van der Waals surface area contributed by atoms with Crippen molar-refractivity contribution >= 4 is 11.8 Å². The maximum atomic E-state index is 12.4. The van der Waals surface area contributed by atoms with E-state index in [1.807, 2.05) is 4.90 Å². The van der Waals surface area contributed by atoms with E-state index in [1.165, 1.54) is 32.1 Å². The molecular weight excluding hydrogens is 254 g/mol. The molecule has 0 aromatic rings. The summed E-state index contributed by atoms with van der Waals surface area (Å²) in [5.41, 5.74) is 5.36. The number of piperidine rings is 1. The van der Waals surface area contributed by atoms with Crippen molar-refractivity contribution < 1.29 is 9.59 Å². The van der Waals surface area contributed by atoms with E-state index < -0.39 is 0 Å². The van der Waals surface area contributed by atoms with Crippen LogP contribution in [0.25, 0.3) is 0 Å². The highest BCUT2D eigenvalue weighted by Gasteiger charge is 2.27. The van der Waals surface area contributed by atoms with Crippen molar-refractivity contribution in [2.24, 2.45) is 11.7 Å². The Morgan fingerprint density at radius 1 is 0.950 bits per heavy atom. The molecule has 1 atom stereocenters. The summed E-state index contributed by atoms with van der Waals surface area (Å²) in [4.78, 5) is 27.7. The Hall–Kier alpha value is -1.10. The van der Waals surface area contributed by atoms with E-state index in [-0.39, 0.29) is 17.7 Å². The largest absolute Gasteiger partial charge is 0.369 e. The van der Waals surface area contributed by atoms with Crippen LogP contribution in [0.5, 0.6) is 0 Å². The second-order valence-electron chi connectivity index (χ2n) is 6.13. The van der Waals surface area contributed by atoms with Crippen LogP contribution in [0.4, 0.5) is 0 Å². The molecule has 0 aliphatic carbocycles. The Bertz CT molecular complexity index is 338. The molecule has 1 unspecified atom stereocenters. The van der Waals surface area contributed by atoms with Gasteiger partial charge in [-0.2, -0.15) is 0 Å². The Morgan fingerprint density at radius 2 is 1.60 bits per heavy atom. The van der Waals surface area contributed by atoms with Crippen LogP contribution in [-0.2, 0) is 9.59 Å². The molecule has 2 saturated heterocycles. The lowest BCUT2D eigenvalue weighted by Crippen LogP contribution is -2.48. The molecule has 5 nitrogen and oxygen atoms in total. The molecular formula is C15H27N3O2. The van der Waals surface area contributed by atoms with Crippen molar-refractivity contribution in [1.82, 2.24) is 9.80 Å². The van der Waals surface area contributed by atoms with Crippen LogP contribution >= 0.6 is 0 Å². The van der Waals surface area contributed by atoms with Crippen LogP contribution in [0, 0.1) is 5.92 Å². The van der Waals surface area contributed by atoms with Gasteiger partial charge >= 0.3 is 0 Å². The second-order valence-corrected chi connectivity index (χ2v) is 6.13. The highest BCUT2D eigenvalue weighted by molar-refractivity contribution is 5.81. The van der Waals surface area contributed by atoms with Crippen LogP contribution in [0.15, 0.2) is 0 Å². The van der Waals surface area contributed by atoms with E-state index in [1.54, 1.807) is 0 Å². The van der Waals surface area contributed by atoms with Crippen molar-refractivity contribution in [2.75, 3.05) is 32.7 Å². The number of carbonyl (C=O) groups excluding carboxylic acids is 2. The average molecular weight is 281 g/mol. The predicted octanol–water partition coefficient (Wildman–Crippen LogP) is 0.976. The van der Waals surface area contributed by atoms with Crippen LogP contribution in [-0.4, -0.2) is 54.3 Å². The lowest BCUT2D eigenvalue weighted by Gasteiger charge is -2.33. The molecule has 0 saturated carbocycles. The van der Waals surface area contributed by atoms with Gasteiger partial charge in [-0.1, -0.05) is 19.3 Å². The van der Waals surface area contributed by atoms with Crippen LogP contribution < -0.4 is 5.73 Å². The quantitative estimate of drug-likeness (QED) is 0.838. The summed E-state index contributed by atoms with van der Waals surface area (Å²) in [6.45, 7) is 3.85. The summed E-state index contributed by atoms with van der Waals surface area (Å²) in [6.07, 6.45) is 7.97. The molecule has 2 fully saturated rings. The molecule has 0 radical (unpaired) electrons. The van der Waals surface area contributed by atoms with Crippen molar-refractivity contribution in [1.29, 1.82) is 0 Å². The predicted molar refractivity (Wildman–Crippen MR) is 78.0 cm³/mol. The zero-order valence-electron chi connectivity index (χ0n) is 12.4. The van der Waals surface area contributed by atoms with Gasteiger partial charge in [0.2, 0.25) is 11.8 Å². The molecule has 2 N–H and O–H groups in total. The molecule has 2 heterocycles. The van der Waals surface area contributed by atoms with E-state index in [9.17, 15) is 9.59 Å². The Morgan fingerprint density at radius 3 is 2.25 bits per heavy atom. The molecule has 0 spiro atoms. The third-order valence-electron chi connectivity index (χ3n) is 4.48. The summed E-state index contributed by atoms with van der Waals surface area (Å²) >= 11 is 0. The van der Waals surface area contributed by atoms with Gasteiger partial charge in [0.25, 0.3) is 0 Å². The fourth-order valence-corrected chi connectivity index (χ4v) is 3.20. The smallest absolute Gasteiger partial charge is 0.236 e. The number of amides is 2. The number of primary amides is 1. The number of rotatable bonds is 3. The fourth-order valence-electron chi connectivity index (χ4n) is 3.20. The first-order chi connectivity index (χ1) is 9.66. The maximum absolute atomic E-state index is 12.4. The molecule has 2 rings (SSSR count). The summed E-state index contributed by atoms with van der Waals surface area (Å²) in [6, 6.07) is 0. The first-order valence-corrected chi connectivity index (χ1v) is 7.96. The van der Waals surface area contributed by atoms with Gasteiger partial charge in [0.1, 0.15) is 0 Å². The van der Waals surface area contributed by atoms with E-state index in [2.05, 4.69) is 4.90 Å². The molecule has 2 amide bonds. The SMILES string of the molecule is NC(=O)C1CCCN(C(=O)CN2CCCCCCC2)C1. The molecule has 114 valence electrons. The van der Waals surface area contributed by atoms with Gasteiger partial charge in [-0.15, -0.1) is 0 Å². The van der Waals surface area contributed by atoms with E-state index in [0.29, 0.717) is 13.1 Å². The molecule has 0 bridgehead atoms. The topological polar surface area (TPSA) is 66.6 Å². The van der Waals surface area contributed by atoms with E-state index in [0.717, 1.165) is 32.5 Å². The molecule has 2 aliphatic rings. The van der Waals surface area contributed by atoms with Crippen molar-refractivity contribution in [3.63, 3.8) is 0 Å². The average Bonchev–Trinajstić information content (AvgIpc) is 2.41. The van der Waals surface area contributed by atoms with Crippen molar-refractivity contribution in [3.8, 4) is 0 Å². The van der Waals surface area contributed by atoms with Crippen LogP contribution in [0.1, 0.15) is 44.9 Å². The van der Waals surface area contributed by atoms with Crippen molar-refractivity contribution in [2.45, 2.75) is 44.9 Å². The van der Waals surface area contributed by atoms with E-state index >= 15 is 0 Å². The van der Waals surface area contributed by atoms with Gasteiger partial charge in [-0.25, -0.2) is 0 Å². The highest BCUT2D eigenvalue weighted by atomic mass is 16.2. The lowest BCUT2D eigenvalue weighted by atomic mass is 9.97. The van der Waals surface area contributed by atoms with Gasteiger partial charge in [-0.3, -0.25) is 14.5 Å². The molecule has 0 aromatic heterocycles. The Labute approximate surface area is 121 Å². The third kappa shape index (κ3) is 4.47. The number of hydrogen-bond acceptors (Lipinski definition) is 3. The molecule has 20 heavy (non-hydrogen) atoms. The lowest BCUT2D eigenvalue weighted by molar-refractivity contribution is -0.136. The fraction of sp³-hybridized carbons (Fsp3) is 0.867. The first-order valence-electron chi connectivity index (χ1n) is 7.96. The van der Waals surface area contributed by atoms with Gasteiger partial charge in [0, 0.05) is 13.1 Å². The molecule has 2 aliphatic heterocycles. The number of nitrogens with zero attached hydrogens (tertiary/aromatic N) is 2. The maximum Gasteiger partial charge on any atom is 0.236 e. The molecule has 5 heteroatoms. The normalized spacial score (nSPS) is 25.8. The van der Waals surface area contributed by atoms with E-state index in [4.69, 9.17) is 5.73 Å². The summed E-state index contributed by atoms with van der Waals surface area (Å²) in [7, 11) is 0. The zero-order chi connectivity index (χ0) is 14.4. The Kier molecular flexibility index (Phi) is 5.83. The van der Waals surface area contributed by atoms with Gasteiger partial charge in [-0.05, 0) is 38.8 Å². The Balaban J connectivity index is 1.82. The first kappa shape index (κ1) is 15.3. The minimum Gasteiger partial charge on any atom is -0.369 e. The highest BCUT2D eigenvalue weighted by Crippen LogP contribution is 2.17. The van der Waals surface area contributed by atoms with Gasteiger partial charge < -0.3 is 10.6 Å². The monoisotopic (exact) mass is 281 g/mol. The zero-order valence-corrected chi connectivity index (χ0v) is 12.4. The van der Waals surface area contributed by atoms with Gasteiger partial charge in [0.05, 0.1) is 12.5 Å². The van der Waals surface area contributed by atoms with Crippen LogP contribution in [0.2, 0.25) is 0 Å². The summed E-state index contributed by atoms with van der Waals surface area (Å²) in [5, 5.41) is 0.